The lowest BCUT2D eigenvalue weighted by atomic mass is 9.98. The standard InChI is InChI=1S/C27H32N2O4/c1-6-32-26-20(4)27-22(19(3)17-33-27)16-21(26)18(2)15-25(30)29-13-11-28(12-14-29)23-9-7-8-10-24(23)31-5/h7-10,15-17H,6,11-14H2,1-5H3/b18-15+. The van der Waals surface area contributed by atoms with E-state index in [1.807, 2.05) is 50.8 Å². The van der Waals surface area contributed by atoms with E-state index in [2.05, 4.69) is 17.0 Å². The highest BCUT2D eigenvalue weighted by Crippen LogP contribution is 2.37. The third-order valence-corrected chi connectivity index (χ3v) is 6.31. The van der Waals surface area contributed by atoms with Crippen LogP contribution in [0, 0.1) is 13.8 Å². The molecule has 174 valence electrons. The highest BCUT2D eigenvalue weighted by molar-refractivity contribution is 5.98. The summed E-state index contributed by atoms with van der Waals surface area (Å²) in [5.74, 6) is 1.66. The predicted octanol–water partition coefficient (Wildman–Crippen LogP) is 5.21. The molecule has 2 aromatic carbocycles. The van der Waals surface area contributed by atoms with E-state index in [9.17, 15) is 4.79 Å². The number of rotatable bonds is 6. The fourth-order valence-corrected chi connectivity index (χ4v) is 4.47. The van der Waals surface area contributed by atoms with Gasteiger partial charge in [-0.2, -0.15) is 0 Å². The molecule has 0 atom stereocenters. The Balaban J connectivity index is 1.54. The van der Waals surface area contributed by atoms with Crippen LogP contribution in [0.4, 0.5) is 5.69 Å². The molecule has 0 aliphatic carbocycles. The second-order valence-corrected chi connectivity index (χ2v) is 8.42. The number of fused-ring (bicyclic) bond motifs is 1. The van der Waals surface area contributed by atoms with Gasteiger partial charge in [0.25, 0.3) is 0 Å². The van der Waals surface area contributed by atoms with Crippen LogP contribution in [0.2, 0.25) is 0 Å². The summed E-state index contributed by atoms with van der Waals surface area (Å²) in [6, 6.07) is 10.1. The molecule has 1 saturated heterocycles. The van der Waals surface area contributed by atoms with E-state index in [1.54, 1.807) is 19.4 Å². The Morgan fingerprint density at radius 3 is 2.58 bits per heavy atom. The van der Waals surface area contributed by atoms with Crippen LogP contribution >= 0.6 is 0 Å². The van der Waals surface area contributed by atoms with Gasteiger partial charge >= 0.3 is 0 Å². The van der Waals surface area contributed by atoms with Crippen LogP contribution in [0.3, 0.4) is 0 Å². The molecular formula is C27H32N2O4. The third kappa shape index (κ3) is 4.42. The topological polar surface area (TPSA) is 55.2 Å². The Hall–Kier alpha value is -3.41. The highest BCUT2D eigenvalue weighted by atomic mass is 16.5. The van der Waals surface area contributed by atoms with E-state index < -0.39 is 0 Å². The van der Waals surface area contributed by atoms with Gasteiger partial charge in [0.15, 0.2) is 0 Å². The summed E-state index contributed by atoms with van der Waals surface area (Å²) in [5.41, 5.74) is 5.77. The Morgan fingerprint density at radius 2 is 1.88 bits per heavy atom. The Bertz CT molecular complexity index is 1190. The van der Waals surface area contributed by atoms with E-state index in [0.29, 0.717) is 19.7 Å². The molecule has 2 heterocycles. The number of methoxy groups -OCH3 is 1. The number of amides is 1. The van der Waals surface area contributed by atoms with Crippen LogP contribution in [0.25, 0.3) is 16.5 Å². The molecule has 0 spiro atoms. The summed E-state index contributed by atoms with van der Waals surface area (Å²) < 4.78 is 17.2. The van der Waals surface area contributed by atoms with Gasteiger partial charge in [-0.05, 0) is 57.0 Å². The van der Waals surface area contributed by atoms with Crippen molar-refractivity contribution >= 4 is 28.1 Å². The quantitative estimate of drug-likeness (QED) is 0.485. The second-order valence-electron chi connectivity index (χ2n) is 8.42. The molecule has 3 aromatic rings. The van der Waals surface area contributed by atoms with Gasteiger partial charge in [0.05, 0.1) is 25.7 Å². The van der Waals surface area contributed by atoms with E-state index in [0.717, 1.165) is 63.5 Å². The SMILES string of the molecule is CCOc1c(/C(C)=C/C(=O)N2CCN(c3ccccc3OC)CC2)cc2c(C)coc2c1C. The lowest BCUT2D eigenvalue weighted by Crippen LogP contribution is -2.48. The van der Waals surface area contributed by atoms with Crippen molar-refractivity contribution in [2.75, 3.05) is 44.8 Å². The number of anilines is 1. The summed E-state index contributed by atoms with van der Waals surface area (Å²) in [6.45, 7) is 11.4. The minimum absolute atomic E-state index is 0.0243. The summed E-state index contributed by atoms with van der Waals surface area (Å²) in [5, 5.41) is 1.05. The molecule has 6 nitrogen and oxygen atoms in total. The first-order chi connectivity index (χ1) is 15.9. The van der Waals surface area contributed by atoms with E-state index in [1.165, 1.54) is 0 Å². The predicted molar refractivity (Wildman–Crippen MR) is 132 cm³/mol. The van der Waals surface area contributed by atoms with Gasteiger partial charge in [-0.25, -0.2) is 0 Å². The van der Waals surface area contributed by atoms with Crippen molar-refractivity contribution in [2.24, 2.45) is 0 Å². The first-order valence-electron chi connectivity index (χ1n) is 11.4. The lowest BCUT2D eigenvalue weighted by molar-refractivity contribution is -0.126. The van der Waals surface area contributed by atoms with E-state index in [4.69, 9.17) is 13.9 Å². The first-order valence-corrected chi connectivity index (χ1v) is 11.4. The average molecular weight is 449 g/mol. The molecular weight excluding hydrogens is 416 g/mol. The molecule has 1 fully saturated rings. The van der Waals surface area contributed by atoms with Crippen molar-refractivity contribution < 1.29 is 18.7 Å². The van der Waals surface area contributed by atoms with E-state index >= 15 is 0 Å². The second kappa shape index (κ2) is 9.61. The van der Waals surface area contributed by atoms with E-state index in [-0.39, 0.29) is 5.91 Å². The fraction of sp³-hybridized carbons (Fsp3) is 0.370. The van der Waals surface area contributed by atoms with Crippen molar-refractivity contribution in [3.8, 4) is 11.5 Å². The Labute approximate surface area is 195 Å². The number of hydrogen-bond acceptors (Lipinski definition) is 5. The zero-order valence-corrected chi connectivity index (χ0v) is 20.1. The molecule has 4 rings (SSSR count). The van der Waals surface area contributed by atoms with Crippen LogP contribution in [-0.2, 0) is 4.79 Å². The average Bonchev–Trinajstić information content (AvgIpc) is 3.21. The van der Waals surface area contributed by atoms with Crippen LogP contribution in [0.1, 0.15) is 30.5 Å². The molecule has 0 radical (unpaired) electrons. The summed E-state index contributed by atoms with van der Waals surface area (Å²) in [4.78, 5) is 17.3. The molecule has 0 unspecified atom stereocenters. The highest BCUT2D eigenvalue weighted by Gasteiger charge is 2.23. The normalized spacial score (nSPS) is 14.6. The van der Waals surface area contributed by atoms with Gasteiger partial charge in [0.2, 0.25) is 5.91 Å². The van der Waals surface area contributed by atoms with Crippen molar-refractivity contribution in [3.63, 3.8) is 0 Å². The molecule has 1 amide bonds. The van der Waals surface area contributed by atoms with Crippen molar-refractivity contribution in [3.05, 3.63) is 59.4 Å². The van der Waals surface area contributed by atoms with Crippen LogP contribution < -0.4 is 14.4 Å². The van der Waals surface area contributed by atoms with Gasteiger partial charge < -0.3 is 23.7 Å². The lowest BCUT2D eigenvalue weighted by Gasteiger charge is -2.36. The van der Waals surface area contributed by atoms with Crippen molar-refractivity contribution in [1.29, 1.82) is 0 Å². The number of piperazine rings is 1. The smallest absolute Gasteiger partial charge is 0.246 e. The number of carbonyl (C=O) groups is 1. The van der Waals surface area contributed by atoms with Gasteiger partial charge in [-0.1, -0.05) is 12.1 Å². The van der Waals surface area contributed by atoms with Crippen molar-refractivity contribution in [1.82, 2.24) is 4.90 Å². The zero-order valence-electron chi connectivity index (χ0n) is 20.1. The number of ether oxygens (including phenoxy) is 2. The van der Waals surface area contributed by atoms with Crippen LogP contribution in [-0.4, -0.2) is 50.7 Å². The number of furan rings is 1. The van der Waals surface area contributed by atoms with Gasteiger partial charge in [-0.3, -0.25) is 4.79 Å². The number of aryl methyl sites for hydroxylation is 2. The third-order valence-electron chi connectivity index (χ3n) is 6.31. The van der Waals surface area contributed by atoms with Crippen LogP contribution in [0.5, 0.6) is 11.5 Å². The maximum atomic E-state index is 13.1. The largest absolute Gasteiger partial charge is 0.495 e. The van der Waals surface area contributed by atoms with Gasteiger partial charge in [0, 0.05) is 48.8 Å². The minimum atomic E-state index is 0.0243. The van der Waals surface area contributed by atoms with Crippen molar-refractivity contribution in [2.45, 2.75) is 27.7 Å². The van der Waals surface area contributed by atoms with Gasteiger partial charge in [0.1, 0.15) is 17.1 Å². The van der Waals surface area contributed by atoms with Crippen LogP contribution in [0.15, 0.2) is 47.1 Å². The molecule has 0 bridgehead atoms. The molecule has 1 aliphatic heterocycles. The molecule has 6 heteroatoms. The molecule has 1 aliphatic rings. The van der Waals surface area contributed by atoms with Gasteiger partial charge in [-0.15, -0.1) is 0 Å². The Kier molecular flexibility index (Phi) is 6.63. The molecule has 0 N–H and O–H groups in total. The minimum Gasteiger partial charge on any atom is -0.495 e. The molecule has 1 aromatic heterocycles. The number of hydrogen-bond donors (Lipinski definition) is 0. The summed E-state index contributed by atoms with van der Waals surface area (Å²) in [6.07, 6.45) is 3.50. The zero-order chi connectivity index (χ0) is 23.5. The molecule has 0 saturated carbocycles. The summed E-state index contributed by atoms with van der Waals surface area (Å²) in [7, 11) is 1.69. The Morgan fingerprint density at radius 1 is 1.15 bits per heavy atom. The number of carbonyl (C=O) groups excluding carboxylic acids is 1. The number of para-hydroxylation sites is 2. The number of nitrogens with zero attached hydrogens (tertiary/aromatic N) is 2. The summed E-state index contributed by atoms with van der Waals surface area (Å²) >= 11 is 0. The number of benzene rings is 2. The first kappa shape index (κ1) is 22.8. The monoisotopic (exact) mass is 448 g/mol. The fourth-order valence-electron chi connectivity index (χ4n) is 4.47. The maximum absolute atomic E-state index is 13.1. The maximum Gasteiger partial charge on any atom is 0.246 e. The number of allylic oxidation sites excluding steroid dienone is 1. The molecule has 33 heavy (non-hydrogen) atoms.